The Hall–Kier alpha value is -2.51. The Bertz CT molecular complexity index is 1020. The number of benzene rings is 2. The summed E-state index contributed by atoms with van der Waals surface area (Å²) >= 11 is 7.24. The second kappa shape index (κ2) is 10.7. The third-order valence-corrected chi connectivity index (χ3v) is 6.52. The van der Waals surface area contributed by atoms with Crippen molar-refractivity contribution in [2.24, 2.45) is 0 Å². The quantitative estimate of drug-likeness (QED) is 0.392. The molecule has 164 valence electrons. The summed E-state index contributed by atoms with van der Waals surface area (Å²) in [4.78, 5) is 6.86. The van der Waals surface area contributed by atoms with Gasteiger partial charge in [-0.05, 0) is 80.9 Å². The van der Waals surface area contributed by atoms with Crippen molar-refractivity contribution >= 4 is 34.4 Å². The molecule has 1 N–H and O–H groups in total. The van der Waals surface area contributed by atoms with Gasteiger partial charge in [0, 0.05) is 17.1 Å². The van der Waals surface area contributed by atoms with Crippen LogP contribution in [0.15, 0.2) is 47.8 Å². The van der Waals surface area contributed by atoms with Crippen LogP contribution in [0.3, 0.4) is 0 Å². The van der Waals surface area contributed by atoms with Crippen LogP contribution in [0.4, 0.5) is 10.1 Å². The van der Waals surface area contributed by atoms with Crippen LogP contribution in [-0.2, 0) is 13.2 Å². The molecule has 1 aromatic heterocycles. The molecular formula is C24H28FN3OS2. The summed E-state index contributed by atoms with van der Waals surface area (Å²) in [6, 6.07) is 12.5. The van der Waals surface area contributed by atoms with E-state index in [-0.39, 0.29) is 11.9 Å². The molecule has 3 aromatic rings. The first kappa shape index (κ1) is 23.2. The van der Waals surface area contributed by atoms with Crippen molar-refractivity contribution in [3.05, 3.63) is 75.5 Å². The Morgan fingerprint density at radius 3 is 2.68 bits per heavy atom. The van der Waals surface area contributed by atoms with Gasteiger partial charge in [-0.2, -0.15) is 0 Å². The fourth-order valence-corrected chi connectivity index (χ4v) is 4.12. The molecule has 0 aliphatic rings. The predicted octanol–water partition coefficient (Wildman–Crippen LogP) is 6.48. The number of nitrogens with one attached hydrogen (secondary N) is 1. The van der Waals surface area contributed by atoms with E-state index in [0.717, 1.165) is 34.1 Å². The largest absolute Gasteiger partial charge is 0.486 e. The SMILES string of the molecule is CC[C@H](C)N(Cc1csc(COc2cccc(C)c2C)n1)C(=S)Nc1ccc(F)cc1. The topological polar surface area (TPSA) is 37.4 Å². The van der Waals surface area contributed by atoms with Crippen LogP contribution < -0.4 is 10.1 Å². The summed E-state index contributed by atoms with van der Waals surface area (Å²) in [5.41, 5.74) is 4.08. The van der Waals surface area contributed by atoms with Crippen molar-refractivity contribution in [2.45, 2.75) is 53.3 Å². The second-order valence-corrected chi connectivity index (χ2v) is 8.87. The summed E-state index contributed by atoms with van der Waals surface area (Å²) in [6.07, 6.45) is 0.942. The zero-order valence-electron chi connectivity index (χ0n) is 18.3. The Kier molecular flexibility index (Phi) is 7.98. The molecule has 1 heterocycles. The van der Waals surface area contributed by atoms with Gasteiger partial charge in [0.2, 0.25) is 0 Å². The first-order valence-electron chi connectivity index (χ1n) is 10.3. The van der Waals surface area contributed by atoms with E-state index in [1.807, 2.05) is 12.1 Å². The van der Waals surface area contributed by atoms with E-state index in [1.165, 1.54) is 17.7 Å². The van der Waals surface area contributed by atoms with Crippen molar-refractivity contribution in [1.82, 2.24) is 9.88 Å². The Morgan fingerprint density at radius 1 is 1.23 bits per heavy atom. The molecule has 0 radical (unpaired) electrons. The minimum Gasteiger partial charge on any atom is -0.486 e. The van der Waals surface area contributed by atoms with Gasteiger partial charge in [-0.1, -0.05) is 19.1 Å². The number of thiazole rings is 1. The fraction of sp³-hybridized carbons (Fsp3) is 0.333. The average molecular weight is 458 g/mol. The van der Waals surface area contributed by atoms with Crippen molar-refractivity contribution in [2.75, 3.05) is 5.32 Å². The summed E-state index contributed by atoms with van der Waals surface area (Å²) in [5, 5.41) is 6.79. The standard InChI is InChI=1S/C24H28FN3OS2/c1-5-17(3)28(24(30)27-20-11-9-19(25)10-12-20)13-21-15-31-23(26-21)14-29-22-8-6-7-16(2)18(22)4/h6-12,15,17H,5,13-14H2,1-4H3,(H,27,30)/t17-/m0/s1. The van der Waals surface area contributed by atoms with Gasteiger partial charge < -0.3 is 15.0 Å². The predicted molar refractivity (Wildman–Crippen MR) is 130 cm³/mol. The summed E-state index contributed by atoms with van der Waals surface area (Å²) in [7, 11) is 0. The molecule has 0 saturated heterocycles. The molecule has 4 nitrogen and oxygen atoms in total. The van der Waals surface area contributed by atoms with E-state index >= 15 is 0 Å². The smallest absolute Gasteiger partial charge is 0.174 e. The number of nitrogens with zero attached hydrogens (tertiary/aromatic N) is 2. The van der Waals surface area contributed by atoms with Gasteiger partial charge in [0.25, 0.3) is 0 Å². The van der Waals surface area contributed by atoms with E-state index in [9.17, 15) is 4.39 Å². The van der Waals surface area contributed by atoms with Crippen LogP contribution in [0.1, 0.15) is 42.1 Å². The highest BCUT2D eigenvalue weighted by Gasteiger charge is 2.18. The maximum absolute atomic E-state index is 13.2. The van der Waals surface area contributed by atoms with E-state index < -0.39 is 0 Å². The van der Waals surface area contributed by atoms with Crippen LogP contribution >= 0.6 is 23.6 Å². The number of rotatable bonds is 8. The van der Waals surface area contributed by atoms with Gasteiger partial charge in [-0.15, -0.1) is 11.3 Å². The monoisotopic (exact) mass is 457 g/mol. The number of thiocarbonyl (C=S) groups is 1. The molecule has 0 unspecified atom stereocenters. The lowest BCUT2D eigenvalue weighted by Gasteiger charge is -2.30. The van der Waals surface area contributed by atoms with Gasteiger partial charge in [0.15, 0.2) is 5.11 Å². The summed E-state index contributed by atoms with van der Waals surface area (Å²) in [5.74, 6) is 0.621. The molecule has 2 aromatic carbocycles. The summed E-state index contributed by atoms with van der Waals surface area (Å²) in [6.45, 7) is 9.45. The Balaban J connectivity index is 1.65. The van der Waals surface area contributed by atoms with Crippen LogP contribution in [0.2, 0.25) is 0 Å². The minimum absolute atomic E-state index is 0.233. The van der Waals surface area contributed by atoms with E-state index in [2.05, 4.69) is 49.4 Å². The summed E-state index contributed by atoms with van der Waals surface area (Å²) < 4.78 is 19.2. The first-order valence-corrected chi connectivity index (χ1v) is 11.6. The fourth-order valence-electron chi connectivity index (χ4n) is 3.06. The third-order valence-electron chi connectivity index (χ3n) is 5.32. The Labute approximate surface area is 193 Å². The molecule has 1 atom stereocenters. The van der Waals surface area contributed by atoms with Crippen LogP contribution in [0.5, 0.6) is 5.75 Å². The maximum atomic E-state index is 13.2. The molecule has 0 aliphatic carbocycles. The zero-order valence-corrected chi connectivity index (χ0v) is 19.9. The first-order chi connectivity index (χ1) is 14.9. The molecule has 0 bridgehead atoms. The van der Waals surface area contributed by atoms with Crippen LogP contribution in [0.25, 0.3) is 0 Å². The van der Waals surface area contributed by atoms with Gasteiger partial charge in [-0.25, -0.2) is 9.37 Å². The lowest BCUT2D eigenvalue weighted by atomic mass is 10.1. The van der Waals surface area contributed by atoms with Gasteiger partial charge in [0.1, 0.15) is 23.2 Å². The molecule has 7 heteroatoms. The van der Waals surface area contributed by atoms with Gasteiger partial charge in [-0.3, -0.25) is 0 Å². The highest BCUT2D eigenvalue weighted by atomic mass is 32.1. The van der Waals surface area contributed by atoms with Gasteiger partial charge >= 0.3 is 0 Å². The van der Waals surface area contributed by atoms with Crippen molar-refractivity contribution in [3.63, 3.8) is 0 Å². The van der Waals surface area contributed by atoms with Crippen molar-refractivity contribution < 1.29 is 9.13 Å². The molecule has 0 saturated carbocycles. The van der Waals surface area contributed by atoms with Gasteiger partial charge in [0.05, 0.1) is 12.2 Å². The van der Waals surface area contributed by atoms with E-state index in [0.29, 0.717) is 18.3 Å². The van der Waals surface area contributed by atoms with E-state index in [4.69, 9.17) is 21.9 Å². The molecule has 0 amide bonds. The van der Waals surface area contributed by atoms with Crippen LogP contribution in [-0.4, -0.2) is 21.0 Å². The highest BCUT2D eigenvalue weighted by molar-refractivity contribution is 7.80. The minimum atomic E-state index is -0.270. The number of ether oxygens (including phenoxy) is 1. The highest BCUT2D eigenvalue weighted by Crippen LogP contribution is 2.23. The number of anilines is 1. The second-order valence-electron chi connectivity index (χ2n) is 7.54. The lowest BCUT2D eigenvalue weighted by Crippen LogP contribution is -2.40. The number of aromatic nitrogens is 1. The Morgan fingerprint density at radius 2 is 1.97 bits per heavy atom. The molecule has 31 heavy (non-hydrogen) atoms. The molecule has 0 aliphatic heterocycles. The molecular weight excluding hydrogens is 429 g/mol. The van der Waals surface area contributed by atoms with Crippen LogP contribution in [0, 0.1) is 19.7 Å². The van der Waals surface area contributed by atoms with E-state index in [1.54, 1.807) is 23.5 Å². The third kappa shape index (κ3) is 6.24. The normalized spacial score (nSPS) is 11.8. The number of hydrogen-bond acceptors (Lipinski definition) is 4. The number of halogens is 1. The lowest BCUT2D eigenvalue weighted by molar-refractivity contribution is 0.300. The molecule has 0 fully saturated rings. The van der Waals surface area contributed by atoms with Crippen molar-refractivity contribution in [1.29, 1.82) is 0 Å². The average Bonchev–Trinajstić information content (AvgIpc) is 3.21. The maximum Gasteiger partial charge on any atom is 0.174 e. The molecule has 0 spiro atoms. The zero-order chi connectivity index (χ0) is 22.4. The molecule has 3 rings (SSSR count). The number of aryl methyl sites for hydroxylation is 1. The van der Waals surface area contributed by atoms with Crippen molar-refractivity contribution in [3.8, 4) is 5.75 Å². The number of hydrogen-bond donors (Lipinski definition) is 1.